The second kappa shape index (κ2) is 4.88. The van der Waals surface area contributed by atoms with Gasteiger partial charge in [0.15, 0.2) is 0 Å². The summed E-state index contributed by atoms with van der Waals surface area (Å²) in [6.45, 7) is 13.2. The van der Waals surface area contributed by atoms with E-state index in [0.717, 1.165) is 18.9 Å². The molecular weight excluding hydrogens is 222 g/mol. The zero-order valence-corrected chi connectivity index (χ0v) is 12.2. The van der Waals surface area contributed by atoms with Crippen LogP contribution in [0.5, 0.6) is 0 Å². The molecule has 0 saturated carbocycles. The molecule has 1 saturated heterocycles. The Morgan fingerprint density at radius 1 is 1.28 bits per heavy atom. The molecule has 0 aliphatic carbocycles. The average Bonchev–Trinajstić information content (AvgIpc) is 2.31. The Labute approximate surface area is 111 Å². The number of anilines is 1. The van der Waals surface area contributed by atoms with Gasteiger partial charge in [-0.05, 0) is 30.9 Å². The Morgan fingerprint density at radius 2 is 2.00 bits per heavy atom. The SMILES string of the molecule is CC1CN(c2ccc(C(C)(C)C)cn2)C(C)CN1. The van der Waals surface area contributed by atoms with Crippen molar-refractivity contribution in [3.05, 3.63) is 23.9 Å². The molecule has 0 bridgehead atoms. The van der Waals surface area contributed by atoms with Gasteiger partial charge in [-0.15, -0.1) is 0 Å². The molecule has 2 unspecified atom stereocenters. The van der Waals surface area contributed by atoms with Crippen LogP contribution < -0.4 is 10.2 Å². The van der Waals surface area contributed by atoms with Crippen LogP contribution >= 0.6 is 0 Å². The second-order valence-corrected chi connectivity index (χ2v) is 6.47. The molecule has 100 valence electrons. The van der Waals surface area contributed by atoms with Gasteiger partial charge >= 0.3 is 0 Å². The highest BCUT2D eigenvalue weighted by Crippen LogP contribution is 2.24. The quantitative estimate of drug-likeness (QED) is 0.826. The molecule has 1 aliphatic heterocycles. The summed E-state index contributed by atoms with van der Waals surface area (Å²) in [6.07, 6.45) is 2.02. The maximum atomic E-state index is 4.65. The fourth-order valence-electron chi connectivity index (χ4n) is 2.34. The Balaban J connectivity index is 2.18. The van der Waals surface area contributed by atoms with Gasteiger partial charge in [0.25, 0.3) is 0 Å². The van der Waals surface area contributed by atoms with E-state index in [4.69, 9.17) is 0 Å². The third-order valence-electron chi connectivity index (χ3n) is 3.67. The largest absolute Gasteiger partial charge is 0.351 e. The maximum Gasteiger partial charge on any atom is 0.128 e. The summed E-state index contributed by atoms with van der Waals surface area (Å²) in [5, 5.41) is 3.50. The minimum Gasteiger partial charge on any atom is -0.351 e. The fourth-order valence-corrected chi connectivity index (χ4v) is 2.34. The van der Waals surface area contributed by atoms with Gasteiger partial charge in [0, 0.05) is 31.4 Å². The molecule has 1 aromatic rings. The van der Waals surface area contributed by atoms with Gasteiger partial charge in [-0.1, -0.05) is 26.8 Å². The van der Waals surface area contributed by atoms with Crippen LogP contribution in [0, 0.1) is 0 Å². The lowest BCUT2D eigenvalue weighted by Crippen LogP contribution is -2.54. The number of hydrogen-bond donors (Lipinski definition) is 1. The number of aromatic nitrogens is 1. The summed E-state index contributed by atoms with van der Waals surface area (Å²) in [6, 6.07) is 5.41. The van der Waals surface area contributed by atoms with Gasteiger partial charge in [-0.2, -0.15) is 0 Å². The normalized spacial score (nSPS) is 25.3. The summed E-state index contributed by atoms with van der Waals surface area (Å²) >= 11 is 0. The molecule has 2 rings (SSSR count). The Hall–Kier alpha value is -1.09. The number of nitrogens with one attached hydrogen (secondary N) is 1. The van der Waals surface area contributed by atoms with E-state index in [1.54, 1.807) is 0 Å². The van der Waals surface area contributed by atoms with Crippen LogP contribution in [0.25, 0.3) is 0 Å². The van der Waals surface area contributed by atoms with Crippen LogP contribution in [-0.2, 0) is 5.41 Å². The highest BCUT2D eigenvalue weighted by atomic mass is 15.3. The number of rotatable bonds is 1. The fraction of sp³-hybridized carbons (Fsp3) is 0.667. The van der Waals surface area contributed by atoms with E-state index in [1.807, 2.05) is 6.20 Å². The average molecular weight is 247 g/mol. The predicted octanol–water partition coefficient (Wildman–Crippen LogP) is 2.57. The van der Waals surface area contributed by atoms with Crippen LogP contribution in [0.15, 0.2) is 18.3 Å². The van der Waals surface area contributed by atoms with E-state index in [1.165, 1.54) is 5.56 Å². The third kappa shape index (κ3) is 2.83. The van der Waals surface area contributed by atoms with Crippen molar-refractivity contribution in [1.82, 2.24) is 10.3 Å². The molecule has 3 nitrogen and oxygen atoms in total. The van der Waals surface area contributed by atoms with Crippen molar-refractivity contribution >= 4 is 5.82 Å². The van der Waals surface area contributed by atoms with Crippen molar-refractivity contribution in [2.75, 3.05) is 18.0 Å². The van der Waals surface area contributed by atoms with E-state index in [9.17, 15) is 0 Å². The van der Waals surface area contributed by atoms with Crippen LogP contribution in [0.4, 0.5) is 5.82 Å². The third-order valence-corrected chi connectivity index (χ3v) is 3.67. The lowest BCUT2D eigenvalue weighted by Gasteiger charge is -2.38. The summed E-state index contributed by atoms with van der Waals surface area (Å²) < 4.78 is 0. The first-order valence-corrected chi connectivity index (χ1v) is 6.84. The molecule has 1 N–H and O–H groups in total. The van der Waals surface area contributed by atoms with Crippen LogP contribution in [0.2, 0.25) is 0 Å². The van der Waals surface area contributed by atoms with Crippen molar-refractivity contribution in [3.8, 4) is 0 Å². The van der Waals surface area contributed by atoms with E-state index in [2.05, 4.69) is 62.0 Å². The second-order valence-electron chi connectivity index (χ2n) is 6.47. The Morgan fingerprint density at radius 3 is 2.56 bits per heavy atom. The van der Waals surface area contributed by atoms with E-state index < -0.39 is 0 Å². The molecular formula is C15H25N3. The zero-order valence-electron chi connectivity index (χ0n) is 12.2. The first-order chi connectivity index (χ1) is 8.38. The van der Waals surface area contributed by atoms with Crippen molar-refractivity contribution in [3.63, 3.8) is 0 Å². The van der Waals surface area contributed by atoms with Crippen molar-refractivity contribution in [2.24, 2.45) is 0 Å². The molecule has 2 heterocycles. The molecule has 0 aromatic carbocycles. The molecule has 1 aromatic heterocycles. The maximum absolute atomic E-state index is 4.65. The lowest BCUT2D eigenvalue weighted by molar-refractivity contribution is 0.422. The van der Waals surface area contributed by atoms with E-state index in [-0.39, 0.29) is 5.41 Å². The molecule has 18 heavy (non-hydrogen) atoms. The van der Waals surface area contributed by atoms with E-state index >= 15 is 0 Å². The molecule has 2 atom stereocenters. The number of nitrogens with zero attached hydrogens (tertiary/aromatic N) is 2. The monoisotopic (exact) mass is 247 g/mol. The molecule has 0 radical (unpaired) electrons. The first-order valence-electron chi connectivity index (χ1n) is 6.84. The topological polar surface area (TPSA) is 28.2 Å². The van der Waals surface area contributed by atoms with Gasteiger partial charge in [0.1, 0.15) is 5.82 Å². The molecule has 0 amide bonds. The molecule has 1 fully saturated rings. The highest BCUT2D eigenvalue weighted by Gasteiger charge is 2.23. The zero-order chi connectivity index (χ0) is 13.3. The van der Waals surface area contributed by atoms with Gasteiger partial charge in [0.2, 0.25) is 0 Å². The number of hydrogen-bond acceptors (Lipinski definition) is 3. The summed E-state index contributed by atoms with van der Waals surface area (Å²) in [5.74, 6) is 1.10. The van der Waals surface area contributed by atoms with Gasteiger partial charge in [-0.3, -0.25) is 0 Å². The van der Waals surface area contributed by atoms with E-state index in [0.29, 0.717) is 12.1 Å². The van der Waals surface area contributed by atoms with Crippen LogP contribution in [-0.4, -0.2) is 30.2 Å². The molecule has 0 spiro atoms. The van der Waals surface area contributed by atoms with Gasteiger partial charge < -0.3 is 10.2 Å². The molecule has 1 aliphatic rings. The Bertz CT molecular complexity index is 391. The Kier molecular flexibility index (Phi) is 3.62. The van der Waals surface area contributed by atoms with Crippen molar-refractivity contribution in [1.29, 1.82) is 0 Å². The van der Waals surface area contributed by atoms with Crippen LogP contribution in [0.1, 0.15) is 40.2 Å². The van der Waals surface area contributed by atoms with Crippen LogP contribution in [0.3, 0.4) is 0 Å². The predicted molar refractivity (Wildman–Crippen MR) is 77.2 cm³/mol. The minimum absolute atomic E-state index is 0.174. The smallest absolute Gasteiger partial charge is 0.128 e. The number of pyridine rings is 1. The number of piperazine rings is 1. The summed E-state index contributed by atoms with van der Waals surface area (Å²) in [4.78, 5) is 7.05. The minimum atomic E-state index is 0.174. The van der Waals surface area contributed by atoms with Gasteiger partial charge in [0.05, 0.1) is 0 Å². The first kappa shape index (κ1) is 13.3. The lowest BCUT2D eigenvalue weighted by atomic mass is 9.88. The van der Waals surface area contributed by atoms with Crippen molar-refractivity contribution in [2.45, 2.75) is 52.1 Å². The summed E-state index contributed by atoms with van der Waals surface area (Å²) in [5.41, 5.74) is 1.47. The standard InChI is InChI=1S/C15H25N3/c1-11-10-18(12(2)8-16-11)14-7-6-13(9-17-14)15(3,4)5/h6-7,9,11-12,16H,8,10H2,1-5H3. The molecule has 3 heteroatoms. The van der Waals surface area contributed by atoms with Crippen molar-refractivity contribution < 1.29 is 0 Å². The summed E-state index contributed by atoms with van der Waals surface area (Å²) in [7, 11) is 0. The van der Waals surface area contributed by atoms with Gasteiger partial charge in [-0.25, -0.2) is 4.98 Å². The highest BCUT2D eigenvalue weighted by molar-refractivity contribution is 5.42.